The fourth-order valence-electron chi connectivity index (χ4n) is 2.58. The molecule has 0 aliphatic carbocycles. The van der Waals surface area contributed by atoms with Crippen molar-refractivity contribution < 1.29 is 43.9 Å². The Hall–Kier alpha value is -3.56. The largest absolute Gasteiger partial charge is 0.509 e. The molecule has 0 amide bonds. The summed E-state index contributed by atoms with van der Waals surface area (Å²) in [5.41, 5.74) is -4.15. The molecule has 3 nitrogen and oxygen atoms in total. The van der Waals surface area contributed by atoms with E-state index in [1.54, 1.807) is 12.4 Å². The normalized spacial score (nSPS) is 11.9. The Morgan fingerprint density at radius 1 is 0.848 bits per heavy atom. The summed E-state index contributed by atoms with van der Waals surface area (Å²) >= 11 is 0. The SMILES string of the molecule is F[B-](F)(F)c1cc(C(F)(F)F)cc(C(F)(F)F)c1.N#Cc1ccccc1C[n+]1ccncc1. The van der Waals surface area contributed by atoms with Gasteiger partial charge in [0.1, 0.15) is 0 Å². The van der Waals surface area contributed by atoms with E-state index in [1.165, 1.54) is 0 Å². The Balaban J connectivity index is 0.000000237. The number of nitrogens with zero attached hydrogens (tertiary/aromatic N) is 3. The molecule has 3 rings (SSSR count). The van der Waals surface area contributed by atoms with E-state index in [9.17, 15) is 39.3 Å². The van der Waals surface area contributed by atoms with Crippen molar-refractivity contribution >= 4 is 12.4 Å². The van der Waals surface area contributed by atoms with Crippen molar-refractivity contribution in [2.75, 3.05) is 0 Å². The second kappa shape index (κ2) is 9.93. The molecule has 0 aliphatic heterocycles. The van der Waals surface area contributed by atoms with Gasteiger partial charge in [-0.3, -0.25) is 4.98 Å². The van der Waals surface area contributed by atoms with E-state index in [4.69, 9.17) is 5.26 Å². The third-order valence-electron chi connectivity index (χ3n) is 4.17. The lowest BCUT2D eigenvalue weighted by molar-refractivity contribution is -0.688. The Morgan fingerprint density at radius 3 is 1.82 bits per heavy atom. The summed E-state index contributed by atoms with van der Waals surface area (Å²) in [6, 6.07) is 8.77. The summed E-state index contributed by atoms with van der Waals surface area (Å²) in [5, 5.41) is 8.92. The zero-order valence-corrected chi connectivity index (χ0v) is 16.4. The molecule has 0 aliphatic rings. The van der Waals surface area contributed by atoms with Crippen LogP contribution in [0.15, 0.2) is 67.3 Å². The van der Waals surface area contributed by atoms with Crippen molar-refractivity contribution in [1.29, 1.82) is 5.26 Å². The highest BCUT2D eigenvalue weighted by molar-refractivity contribution is 6.73. The first kappa shape index (κ1) is 25.7. The first-order valence-electron chi connectivity index (χ1n) is 8.98. The number of benzene rings is 2. The van der Waals surface area contributed by atoms with E-state index in [1.807, 2.05) is 41.2 Å². The molecule has 0 saturated carbocycles. The number of nitriles is 1. The molecule has 0 fully saturated rings. The minimum atomic E-state index is -5.95. The van der Waals surface area contributed by atoms with Crippen LogP contribution in [0.25, 0.3) is 0 Å². The van der Waals surface area contributed by atoms with Gasteiger partial charge in [-0.15, -0.1) is 5.46 Å². The highest BCUT2D eigenvalue weighted by atomic mass is 19.4. The number of rotatable bonds is 3. The van der Waals surface area contributed by atoms with Gasteiger partial charge < -0.3 is 12.9 Å². The second-order valence-electron chi connectivity index (χ2n) is 6.60. The zero-order chi connectivity index (χ0) is 24.9. The molecule has 0 spiro atoms. The van der Waals surface area contributed by atoms with E-state index in [2.05, 4.69) is 11.1 Å². The van der Waals surface area contributed by atoms with E-state index in [0.717, 1.165) is 11.1 Å². The molecule has 0 atom stereocenters. The van der Waals surface area contributed by atoms with Crippen LogP contribution in [0.2, 0.25) is 0 Å². The van der Waals surface area contributed by atoms with Crippen LogP contribution in [0.4, 0.5) is 39.3 Å². The van der Waals surface area contributed by atoms with Gasteiger partial charge in [0.05, 0.1) is 35.2 Å². The van der Waals surface area contributed by atoms with Crippen LogP contribution in [0, 0.1) is 11.3 Å². The van der Waals surface area contributed by atoms with Crippen LogP contribution in [-0.4, -0.2) is 12.0 Å². The standard InChI is InChI=1S/C12H10N3.C8H3BF9/c13-9-11-3-1-2-4-12(11)10-15-7-5-14-6-8-15;10-7(11,12)4-1-5(8(13,14)15)3-6(2-4)9(16,17)18/h1-8H,10H2;1-3H/q+1;-1. The molecule has 174 valence electrons. The maximum atomic E-state index is 12.3. The molecule has 13 heteroatoms. The van der Waals surface area contributed by atoms with E-state index >= 15 is 0 Å². The summed E-state index contributed by atoms with van der Waals surface area (Å²) in [7, 11) is 0. The van der Waals surface area contributed by atoms with Gasteiger partial charge in [-0.2, -0.15) is 36.2 Å². The second-order valence-corrected chi connectivity index (χ2v) is 6.60. The summed E-state index contributed by atoms with van der Waals surface area (Å²) in [6.45, 7) is -5.25. The lowest BCUT2D eigenvalue weighted by Crippen LogP contribution is -2.36. The highest BCUT2D eigenvalue weighted by Gasteiger charge is 2.39. The number of halogens is 9. The van der Waals surface area contributed by atoms with Gasteiger partial charge in [0.2, 0.25) is 0 Å². The molecule has 1 heterocycles. The predicted octanol–water partition coefficient (Wildman–Crippen LogP) is 5.07. The van der Waals surface area contributed by atoms with Crippen LogP contribution in [-0.2, 0) is 18.9 Å². The summed E-state index contributed by atoms with van der Waals surface area (Å²) < 4.78 is 112. The lowest BCUT2D eigenvalue weighted by atomic mass is 9.78. The monoisotopic (exact) mass is 477 g/mol. The maximum Gasteiger partial charge on any atom is 0.509 e. The van der Waals surface area contributed by atoms with Crippen molar-refractivity contribution in [2.24, 2.45) is 0 Å². The summed E-state index contributed by atoms with van der Waals surface area (Å²) in [6.07, 6.45) is -3.33. The average molecular weight is 477 g/mol. The molecular formula is C20H13BF9N3. The predicted molar refractivity (Wildman–Crippen MR) is 99.8 cm³/mol. The fourth-order valence-corrected chi connectivity index (χ4v) is 2.58. The molecule has 0 saturated heterocycles. The average Bonchev–Trinajstić information content (AvgIpc) is 2.73. The van der Waals surface area contributed by atoms with Gasteiger partial charge in [0.25, 0.3) is 0 Å². The molecular weight excluding hydrogens is 464 g/mol. The molecule has 0 unspecified atom stereocenters. The van der Waals surface area contributed by atoms with Gasteiger partial charge >= 0.3 is 19.3 Å². The van der Waals surface area contributed by atoms with Gasteiger partial charge in [-0.25, -0.2) is 0 Å². The topological polar surface area (TPSA) is 40.6 Å². The smallest absolute Gasteiger partial charge is 0.445 e. The molecule has 0 bridgehead atoms. The van der Waals surface area contributed by atoms with Crippen LogP contribution in [0.3, 0.4) is 0 Å². The Kier molecular flexibility index (Phi) is 7.74. The fraction of sp³-hybridized carbons (Fsp3) is 0.150. The van der Waals surface area contributed by atoms with Gasteiger partial charge in [-0.05, 0) is 12.1 Å². The van der Waals surface area contributed by atoms with E-state index in [0.29, 0.717) is 6.54 Å². The quantitative estimate of drug-likeness (QED) is 0.301. The first-order chi connectivity index (χ1) is 15.2. The number of aromatic nitrogens is 2. The van der Waals surface area contributed by atoms with Crippen molar-refractivity contribution in [2.45, 2.75) is 18.9 Å². The van der Waals surface area contributed by atoms with Crippen LogP contribution >= 0.6 is 0 Å². The van der Waals surface area contributed by atoms with Crippen molar-refractivity contribution in [3.05, 3.63) is 89.5 Å². The number of hydrogen-bond acceptors (Lipinski definition) is 2. The minimum Gasteiger partial charge on any atom is -0.445 e. The molecule has 1 aromatic heterocycles. The Bertz CT molecular complexity index is 1040. The zero-order valence-electron chi connectivity index (χ0n) is 16.4. The Morgan fingerprint density at radius 2 is 1.36 bits per heavy atom. The summed E-state index contributed by atoms with van der Waals surface area (Å²) in [5.74, 6) is 0. The molecule has 0 N–H and O–H groups in total. The highest BCUT2D eigenvalue weighted by Crippen LogP contribution is 2.35. The lowest BCUT2D eigenvalue weighted by Gasteiger charge is -2.19. The summed E-state index contributed by atoms with van der Waals surface area (Å²) in [4.78, 5) is 3.94. The van der Waals surface area contributed by atoms with Gasteiger partial charge in [0, 0.05) is 5.56 Å². The van der Waals surface area contributed by atoms with E-state index < -0.39 is 35.9 Å². The molecule has 2 aromatic carbocycles. The van der Waals surface area contributed by atoms with Crippen molar-refractivity contribution in [1.82, 2.24) is 4.98 Å². The number of hydrogen-bond donors (Lipinski definition) is 0. The maximum absolute atomic E-state index is 12.3. The van der Waals surface area contributed by atoms with Crippen LogP contribution in [0.5, 0.6) is 0 Å². The Labute approximate surface area is 181 Å². The third-order valence-corrected chi connectivity index (χ3v) is 4.17. The van der Waals surface area contributed by atoms with Crippen molar-refractivity contribution in [3.8, 4) is 6.07 Å². The van der Waals surface area contributed by atoms with E-state index in [-0.39, 0.29) is 18.2 Å². The third kappa shape index (κ3) is 7.52. The molecule has 3 aromatic rings. The minimum absolute atomic E-state index is 0.338. The number of alkyl halides is 6. The van der Waals surface area contributed by atoms with Gasteiger partial charge in [0.15, 0.2) is 18.9 Å². The van der Waals surface area contributed by atoms with Crippen LogP contribution < -0.4 is 10.0 Å². The van der Waals surface area contributed by atoms with Gasteiger partial charge in [-0.1, -0.05) is 30.3 Å². The van der Waals surface area contributed by atoms with Crippen molar-refractivity contribution in [3.63, 3.8) is 0 Å². The van der Waals surface area contributed by atoms with Crippen LogP contribution in [0.1, 0.15) is 22.3 Å². The molecule has 0 radical (unpaired) electrons. The first-order valence-corrected chi connectivity index (χ1v) is 8.98. The molecule has 33 heavy (non-hydrogen) atoms.